The van der Waals surface area contributed by atoms with Gasteiger partial charge in [0, 0.05) is 31.4 Å². The second kappa shape index (κ2) is 6.23. The second-order valence-corrected chi connectivity index (χ2v) is 4.98. The molecule has 2 aromatic rings. The summed E-state index contributed by atoms with van der Waals surface area (Å²) in [4.78, 5) is 12.5. The molecule has 110 valence electrons. The van der Waals surface area contributed by atoms with E-state index in [4.69, 9.17) is 5.84 Å². The molecule has 0 heterocycles. The van der Waals surface area contributed by atoms with Gasteiger partial charge in [0.25, 0.3) is 5.69 Å². The van der Waals surface area contributed by atoms with Crippen molar-refractivity contribution >= 4 is 17.1 Å². The maximum atomic E-state index is 11.0. The molecule has 0 aromatic heterocycles. The van der Waals surface area contributed by atoms with Gasteiger partial charge in [-0.2, -0.15) is 0 Å². The van der Waals surface area contributed by atoms with Gasteiger partial charge in [-0.3, -0.25) is 16.0 Å². The third kappa shape index (κ3) is 3.70. The number of rotatable bonds is 5. The number of hydrogen-bond donors (Lipinski definition) is 2. The van der Waals surface area contributed by atoms with Crippen molar-refractivity contribution in [3.63, 3.8) is 0 Å². The van der Waals surface area contributed by atoms with Gasteiger partial charge < -0.3 is 10.3 Å². The van der Waals surface area contributed by atoms with E-state index < -0.39 is 4.92 Å². The molecule has 0 unspecified atom stereocenters. The first-order valence-corrected chi connectivity index (χ1v) is 6.52. The van der Waals surface area contributed by atoms with Crippen LogP contribution in [0.1, 0.15) is 11.1 Å². The molecule has 0 amide bonds. The van der Waals surface area contributed by atoms with E-state index in [1.54, 1.807) is 6.07 Å². The van der Waals surface area contributed by atoms with Gasteiger partial charge in [-0.15, -0.1) is 0 Å². The largest absolute Gasteiger partial charge is 0.370 e. The van der Waals surface area contributed by atoms with E-state index >= 15 is 0 Å². The summed E-state index contributed by atoms with van der Waals surface area (Å²) >= 11 is 0. The van der Waals surface area contributed by atoms with E-state index in [1.807, 2.05) is 43.1 Å². The number of hydrazine groups is 1. The molecule has 0 bridgehead atoms. The van der Waals surface area contributed by atoms with Gasteiger partial charge in [-0.25, -0.2) is 0 Å². The summed E-state index contributed by atoms with van der Waals surface area (Å²) < 4.78 is 0. The Morgan fingerprint density at radius 3 is 2.48 bits per heavy atom. The highest BCUT2D eigenvalue weighted by molar-refractivity contribution is 5.64. The van der Waals surface area contributed by atoms with Crippen molar-refractivity contribution in [2.45, 2.75) is 13.5 Å². The van der Waals surface area contributed by atoms with Crippen LogP contribution in [0.15, 0.2) is 42.5 Å². The van der Waals surface area contributed by atoms with Crippen LogP contribution in [0.2, 0.25) is 0 Å². The molecule has 6 heteroatoms. The Hall–Kier alpha value is -2.60. The van der Waals surface area contributed by atoms with Crippen molar-refractivity contribution in [2.75, 3.05) is 17.4 Å². The summed E-state index contributed by atoms with van der Waals surface area (Å²) in [5.74, 6) is 5.37. The molecule has 6 nitrogen and oxygen atoms in total. The number of nitrogens with two attached hydrogens (primary N) is 1. The second-order valence-electron chi connectivity index (χ2n) is 4.98. The summed E-state index contributed by atoms with van der Waals surface area (Å²) in [7, 11) is 1.89. The minimum absolute atomic E-state index is 0.0104. The lowest BCUT2D eigenvalue weighted by Gasteiger charge is -2.20. The molecule has 0 aliphatic carbocycles. The minimum Gasteiger partial charge on any atom is -0.370 e. The predicted octanol–water partition coefficient (Wildman–Crippen LogP) is 2.83. The summed E-state index contributed by atoms with van der Waals surface area (Å²) in [6.07, 6.45) is 0. The van der Waals surface area contributed by atoms with Crippen LogP contribution >= 0.6 is 0 Å². The van der Waals surface area contributed by atoms with Gasteiger partial charge in [0.2, 0.25) is 0 Å². The van der Waals surface area contributed by atoms with Crippen molar-refractivity contribution < 1.29 is 4.92 Å². The zero-order chi connectivity index (χ0) is 15.4. The van der Waals surface area contributed by atoms with Crippen LogP contribution < -0.4 is 16.2 Å². The number of benzene rings is 2. The molecule has 2 aromatic carbocycles. The SMILES string of the molecule is Cc1ccc(CN(C)c2cc(NN)cc([N+](=O)[O-])c2)cc1. The monoisotopic (exact) mass is 286 g/mol. The molecule has 0 saturated carbocycles. The first-order chi connectivity index (χ1) is 9.99. The van der Waals surface area contributed by atoms with E-state index in [0.29, 0.717) is 12.2 Å². The summed E-state index contributed by atoms with van der Waals surface area (Å²) in [6, 6.07) is 12.9. The number of nitro groups is 1. The summed E-state index contributed by atoms with van der Waals surface area (Å²) in [6.45, 7) is 2.69. The van der Waals surface area contributed by atoms with E-state index in [9.17, 15) is 10.1 Å². The highest BCUT2D eigenvalue weighted by atomic mass is 16.6. The smallest absolute Gasteiger partial charge is 0.273 e. The van der Waals surface area contributed by atoms with E-state index in [1.165, 1.54) is 17.7 Å². The number of nitrogens with zero attached hydrogens (tertiary/aromatic N) is 2. The van der Waals surface area contributed by atoms with Crippen molar-refractivity contribution in [1.82, 2.24) is 0 Å². The number of nitrogen functional groups attached to an aromatic ring is 1. The number of aryl methyl sites for hydroxylation is 1. The first-order valence-electron chi connectivity index (χ1n) is 6.52. The van der Waals surface area contributed by atoms with Crippen molar-refractivity contribution in [2.24, 2.45) is 5.84 Å². The topological polar surface area (TPSA) is 84.4 Å². The molecule has 0 atom stereocenters. The van der Waals surface area contributed by atoms with Gasteiger partial charge in [0.05, 0.1) is 10.6 Å². The van der Waals surface area contributed by atoms with Gasteiger partial charge in [0.15, 0.2) is 0 Å². The van der Waals surface area contributed by atoms with E-state index in [0.717, 1.165) is 11.3 Å². The van der Waals surface area contributed by atoms with Gasteiger partial charge in [0.1, 0.15) is 0 Å². The van der Waals surface area contributed by atoms with Crippen LogP contribution in [0.4, 0.5) is 17.1 Å². The Balaban J connectivity index is 2.25. The number of anilines is 2. The van der Waals surface area contributed by atoms with Gasteiger partial charge in [-0.1, -0.05) is 29.8 Å². The first kappa shape index (κ1) is 14.8. The predicted molar refractivity (Wildman–Crippen MR) is 84.2 cm³/mol. The molecule has 0 fully saturated rings. The molecular formula is C15H18N4O2. The average Bonchev–Trinajstić information content (AvgIpc) is 2.49. The molecule has 3 N–H and O–H groups in total. The number of nitrogens with one attached hydrogen (secondary N) is 1. The Morgan fingerprint density at radius 2 is 1.90 bits per heavy atom. The zero-order valence-electron chi connectivity index (χ0n) is 12.0. The number of hydrogen-bond acceptors (Lipinski definition) is 5. The summed E-state index contributed by atoms with van der Waals surface area (Å²) in [5.41, 5.74) is 6.05. The Labute approximate surface area is 123 Å². The van der Waals surface area contributed by atoms with E-state index in [2.05, 4.69) is 5.43 Å². The fourth-order valence-corrected chi connectivity index (χ4v) is 2.06. The van der Waals surface area contributed by atoms with Crippen molar-refractivity contribution in [1.29, 1.82) is 0 Å². The third-order valence-electron chi connectivity index (χ3n) is 3.26. The maximum absolute atomic E-state index is 11.0. The Bertz CT molecular complexity index is 641. The van der Waals surface area contributed by atoms with Crippen molar-refractivity contribution in [3.05, 3.63) is 63.7 Å². The fraction of sp³-hybridized carbons (Fsp3) is 0.200. The van der Waals surface area contributed by atoms with Crippen LogP contribution in [0.25, 0.3) is 0 Å². The molecule has 0 spiro atoms. The van der Waals surface area contributed by atoms with Gasteiger partial charge in [-0.05, 0) is 18.6 Å². The molecular weight excluding hydrogens is 268 g/mol. The lowest BCUT2D eigenvalue weighted by atomic mass is 10.1. The highest BCUT2D eigenvalue weighted by Crippen LogP contribution is 2.26. The van der Waals surface area contributed by atoms with Crippen LogP contribution in [0.5, 0.6) is 0 Å². The van der Waals surface area contributed by atoms with Crippen LogP contribution in [-0.4, -0.2) is 12.0 Å². The molecule has 0 aliphatic rings. The Morgan fingerprint density at radius 1 is 1.24 bits per heavy atom. The maximum Gasteiger partial charge on any atom is 0.273 e. The average molecular weight is 286 g/mol. The standard InChI is InChI=1S/C15H18N4O2/c1-11-3-5-12(6-4-11)10-18(2)14-7-13(17-16)8-15(9-14)19(20)21/h3-9,17H,10,16H2,1-2H3. The van der Waals surface area contributed by atoms with Crippen LogP contribution in [0, 0.1) is 17.0 Å². The van der Waals surface area contributed by atoms with Crippen molar-refractivity contribution in [3.8, 4) is 0 Å². The van der Waals surface area contributed by atoms with Crippen LogP contribution in [-0.2, 0) is 6.54 Å². The normalized spacial score (nSPS) is 10.2. The lowest BCUT2D eigenvalue weighted by molar-refractivity contribution is -0.384. The van der Waals surface area contributed by atoms with E-state index in [-0.39, 0.29) is 5.69 Å². The molecule has 2 rings (SSSR count). The minimum atomic E-state index is -0.427. The highest BCUT2D eigenvalue weighted by Gasteiger charge is 2.12. The zero-order valence-corrected chi connectivity index (χ0v) is 12.0. The van der Waals surface area contributed by atoms with Gasteiger partial charge >= 0.3 is 0 Å². The summed E-state index contributed by atoms with van der Waals surface area (Å²) in [5, 5.41) is 11.0. The third-order valence-corrected chi connectivity index (χ3v) is 3.26. The number of non-ortho nitro benzene ring substituents is 1. The quantitative estimate of drug-likeness (QED) is 0.501. The molecule has 0 saturated heterocycles. The molecule has 0 radical (unpaired) electrons. The number of nitro benzene ring substituents is 1. The van der Waals surface area contributed by atoms with Crippen LogP contribution in [0.3, 0.4) is 0 Å². The molecule has 21 heavy (non-hydrogen) atoms. The fourth-order valence-electron chi connectivity index (χ4n) is 2.06. The lowest BCUT2D eigenvalue weighted by Crippen LogP contribution is -2.17. The Kier molecular flexibility index (Phi) is 4.39. The molecule has 0 aliphatic heterocycles.